The van der Waals surface area contributed by atoms with Gasteiger partial charge in [-0.05, 0) is 57.8 Å². The molecule has 0 aromatic carbocycles. The van der Waals surface area contributed by atoms with Crippen LogP contribution in [-0.4, -0.2) is 37.1 Å². The third-order valence-electron chi connectivity index (χ3n) is 3.39. The van der Waals surface area contributed by atoms with Crippen LogP contribution in [0.5, 0.6) is 0 Å². The second kappa shape index (κ2) is 7.24. The van der Waals surface area contributed by atoms with Gasteiger partial charge in [0, 0.05) is 6.04 Å². The van der Waals surface area contributed by atoms with Gasteiger partial charge in [0.1, 0.15) is 0 Å². The van der Waals surface area contributed by atoms with Gasteiger partial charge in [0.25, 0.3) is 0 Å². The largest absolute Gasteiger partial charge is 0.314 e. The molecule has 1 saturated heterocycles. The molecule has 0 aromatic heterocycles. The van der Waals surface area contributed by atoms with E-state index in [9.17, 15) is 0 Å². The van der Waals surface area contributed by atoms with Crippen molar-refractivity contribution in [3.63, 3.8) is 0 Å². The highest BCUT2D eigenvalue weighted by Gasteiger charge is 2.13. The summed E-state index contributed by atoms with van der Waals surface area (Å²) in [6.45, 7) is 12.0. The molecule has 2 nitrogen and oxygen atoms in total. The number of rotatable bonds is 4. The van der Waals surface area contributed by atoms with Crippen LogP contribution in [0.1, 0.15) is 46.5 Å². The van der Waals surface area contributed by atoms with E-state index in [0.717, 1.165) is 12.0 Å². The lowest BCUT2D eigenvalue weighted by Crippen LogP contribution is -2.40. The van der Waals surface area contributed by atoms with Crippen LogP contribution in [0.2, 0.25) is 0 Å². The standard InChI is InChI=1S/C13H28N2/c1-4-13-7-11-15(9-5-8-14-13)10-6-12(2)3/h12-14H,4-11H2,1-3H3. The van der Waals surface area contributed by atoms with Crippen molar-refractivity contribution >= 4 is 0 Å². The third-order valence-corrected chi connectivity index (χ3v) is 3.39. The van der Waals surface area contributed by atoms with E-state index in [2.05, 4.69) is 31.0 Å². The summed E-state index contributed by atoms with van der Waals surface area (Å²) in [7, 11) is 0. The predicted octanol–water partition coefficient (Wildman–Crippen LogP) is 2.50. The second-order valence-electron chi connectivity index (χ2n) is 5.23. The van der Waals surface area contributed by atoms with Gasteiger partial charge >= 0.3 is 0 Å². The second-order valence-corrected chi connectivity index (χ2v) is 5.23. The molecule has 1 fully saturated rings. The maximum Gasteiger partial charge on any atom is 0.00766 e. The molecule has 0 bridgehead atoms. The van der Waals surface area contributed by atoms with Gasteiger partial charge in [-0.2, -0.15) is 0 Å². The van der Waals surface area contributed by atoms with Crippen LogP contribution in [0.3, 0.4) is 0 Å². The van der Waals surface area contributed by atoms with Crippen LogP contribution in [0.25, 0.3) is 0 Å². The van der Waals surface area contributed by atoms with E-state index in [-0.39, 0.29) is 0 Å². The van der Waals surface area contributed by atoms with Crippen LogP contribution in [0.4, 0.5) is 0 Å². The molecule has 0 aromatic rings. The Labute approximate surface area is 95.4 Å². The first-order valence-electron chi connectivity index (χ1n) is 6.68. The van der Waals surface area contributed by atoms with E-state index < -0.39 is 0 Å². The minimum atomic E-state index is 0.756. The first kappa shape index (κ1) is 13.0. The molecule has 0 saturated carbocycles. The zero-order chi connectivity index (χ0) is 11.1. The Hall–Kier alpha value is -0.0800. The minimum absolute atomic E-state index is 0.756. The summed E-state index contributed by atoms with van der Waals surface area (Å²) in [5, 5.41) is 3.63. The zero-order valence-corrected chi connectivity index (χ0v) is 10.8. The zero-order valence-electron chi connectivity index (χ0n) is 10.8. The molecule has 0 aliphatic carbocycles. The van der Waals surface area contributed by atoms with Gasteiger partial charge in [0.2, 0.25) is 0 Å². The molecule has 0 amide bonds. The predicted molar refractivity (Wildman–Crippen MR) is 67.2 cm³/mol. The normalized spacial score (nSPS) is 25.2. The van der Waals surface area contributed by atoms with Gasteiger partial charge in [-0.25, -0.2) is 0 Å². The van der Waals surface area contributed by atoms with E-state index in [4.69, 9.17) is 0 Å². The van der Waals surface area contributed by atoms with E-state index >= 15 is 0 Å². The van der Waals surface area contributed by atoms with Crippen LogP contribution < -0.4 is 5.32 Å². The molecule has 1 rings (SSSR count). The van der Waals surface area contributed by atoms with Gasteiger partial charge < -0.3 is 10.2 Å². The molecule has 2 heteroatoms. The monoisotopic (exact) mass is 212 g/mol. The van der Waals surface area contributed by atoms with Crippen molar-refractivity contribution in [3.8, 4) is 0 Å². The van der Waals surface area contributed by atoms with E-state index in [0.29, 0.717) is 0 Å². The topological polar surface area (TPSA) is 15.3 Å². The van der Waals surface area contributed by atoms with Crippen molar-refractivity contribution in [2.24, 2.45) is 5.92 Å². The van der Waals surface area contributed by atoms with E-state index in [1.165, 1.54) is 51.9 Å². The van der Waals surface area contributed by atoms with Crippen molar-refractivity contribution in [1.29, 1.82) is 0 Å². The SMILES string of the molecule is CCC1CCN(CCC(C)C)CCCN1. The van der Waals surface area contributed by atoms with Crippen LogP contribution in [0.15, 0.2) is 0 Å². The Bertz CT molecular complexity index is 157. The average Bonchev–Trinajstić information content (AvgIpc) is 2.16. The van der Waals surface area contributed by atoms with Gasteiger partial charge in [-0.1, -0.05) is 20.8 Å². The highest BCUT2D eigenvalue weighted by Crippen LogP contribution is 2.08. The van der Waals surface area contributed by atoms with Crippen molar-refractivity contribution in [2.75, 3.05) is 26.2 Å². The molecule has 1 atom stereocenters. The molecule has 0 radical (unpaired) electrons. The third kappa shape index (κ3) is 5.53. The summed E-state index contributed by atoms with van der Waals surface area (Å²) in [6, 6.07) is 0.756. The van der Waals surface area contributed by atoms with Gasteiger partial charge in [0.15, 0.2) is 0 Å². The van der Waals surface area contributed by atoms with Crippen molar-refractivity contribution in [1.82, 2.24) is 10.2 Å². The first-order chi connectivity index (χ1) is 7.22. The van der Waals surface area contributed by atoms with Crippen LogP contribution >= 0.6 is 0 Å². The Morgan fingerprint density at radius 3 is 2.80 bits per heavy atom. The molecule has 1 heterocycles. The minimum Gasteiger partial charge on any atom is -0.314 e. The van der Waals surface area contributed by atoms with Crippen molar-refractivity contribution in [3.05, 3.63) is 0 Å². The smallest absolute Gasteiger partial charge is 0.00766 e. The maximum absolute atomic E-state index is 3.63. The van der Waals surface area contributed by atoms with E-state index in [1.807, 2.05) is 0 Å². The Balaban J connectivity index is 2.25. The molecular weight excluding hydrogens is 184 g/mol. The Morgan fingerprint density at radius 1 is 1.33 bits per heavy atom. The molecule has 1 N–H and O–H groups in total. The summed E-state index contributed by atoms with van der Waals surface area (Å²) >= 11 is 0. The lowest BCUT2D eigenvalue weighted by atomic mass is 10.1. The Kier molecular flexibility index (Phi) is 6.26. The highest BCUT2D eigenvalue weighted by atomic mass is 15.1. The molecule has 1 aliphatic heterocycles. The average molecular weight is 212 g/mol. The first-order valence-corrected chi connectivity index (χ1v) is 6.68. The molecule has 0 spiro atoms. The summed E-state index contributed by atoms with van der Waals surface area (Å²) in [5.74, 6) is 0.843. The number of hydrogen-bond acceptors (Lipinski definition) is 2. The van der Waals surface area contributed by atoms with Gasteiger partial charge in [-0.15, -0.1) is 0 Å². The molecule has 90 valence electrons. The summed E-state index contributed by atoms with van der Waals surface area (Å²) < 4.78 is 0. The Morgan fingerprint density at radius 2 is 2.13 bits per heavy atom. The van der Waals surface area contributed by atoms with Crippen LogP contribution in [-0.2, 0) is 0 Å². The van der Waals surface area contributed by atoms with Crippen molar-refractivity contribution in [2.45, 2.75) is 52.5 Å². The highest BCUT2D eigenvalue weighted by molar-refractivity contribution is 4.72. The fraction of sp³-hybridized carbons (Fsp3) is 1.00. The van der Waals surface area contributed by atoms with Crippen LogP contribution in [0, 0.1) is 5.92 Å². The van der Waals surface area contributed by atoms with Crippen molar-refractivity contribution < 1.29 is 0 Å². The molecule has 15 heavy (non-hydrogen) atoms. The van der Waals surface area contributed by atoms with E-state index in [1.54, 1.807) is 0 Å². The summed E-state index contributed by atoms with van der Waals surface area (Å²) in [4.78, 5) is 2.66. The lowest BCUT2D eigenvalue weighted by molar-refractivity contribution is 0.221. The number of nitrogens with zero attached hydrogens (tertiary/aromatic N) is 1. The summed E-state index contributed by atoms with van der Waals surface area (Å²) in [6.07, 6.45) is 5.27. The summed E-state index contributed by atoms with van der Waals surface area (Å²) in [5.41, 5.74) is 0. The molecule has 1 unspecified atom stereocenters. The molecular formula is C13H28N2. The molecule has 1 aliphatic rings. The number of nitrogens with one attached hydrogen (secondary N) is 1. The fourth-order valence-electron chi connectivity index (χ4n) is 2.17. The quantitative estimate of drug-likeness (QED) is 0.770. The fourth-order valence-corrected chi connectivity index (χ4v) is 2.17. The maximum atomic E-state index is 3.63. The van der Waals surface area contributed by atoms with Gasteiger partial charge in [0.05, 0.1) is 0 Å². The van der Waals surface area contributed by atoms with Gasteiger partial charge in [-0.3, -0.25) is 0 Å². The number of hydrogen-bond donors (Lipinski definition) is 1. The lowest BCUT2D eigenvalue weighted by Gasteiger charge is -2.29.